The second-order valence-electron chi connectivity index (χ2n) is 5.79. The Kier molecular flexibility index (Phi) is 7.96. The van der Waals surface area contributed by atoms with Crippen molar-refractivity contribution in [3.63, 3.8) is 0 Å². The van der Waals surface area contributed by atoms with E-state index in [0.717, 1.165) is 31.5 Å². The summed E-state index contributed by atoms with van der Waals surface area (Å²) in [6, 6.07) is 0. The van der Waals surface area contributed by atoms with Crippen LogP contribution in [-0.2, 0) is 0 Å². The third-order valence-corrected chi connectivity index (χ3v) is 2.31. The first kappa shape index (κ1) is 16.2. The maximum Gasteiger partial charge on any atom is 0.191 e. The lowest BCUT2D eigenvalue weighted by Crippen LogP contribution is -2.44. The van der Waals surface area contributed by atoms with Gasteiger partial charge in [0.25, 0.3) is 0 Å². The second kappa shape index (κ2) is 8.34. The molecule has 0 rings (SSSR count). The molecule has 0 aliphatic carbocycles. The highest BCUT2D eigenvalue weighted by Gasteiger charge is 2.07. The molecule has 0 heterocycles. The van der Waals surface area contributed by atoms with Crippen molar-refractivity contribution in [2.24, 2.45) is 10.9 Å². The molecule has 4 nitrogen and oxygen atoms in total. The van der Waals surface area contributed by atoms with Gasteiger partial charge in [-0.2, -0.15) is 0 Å². The maximum atomic E-state index is 4.19. The van der Waals surface area contributed by atoms with Crippen LogP contribution in [0.4, 0.5) is 0 Å². The van der Waals surface area contributed by atoms with E-state index in [-0.39, 0.29) is 5.54 Å². The molecule has 0 spiro atoms. The van der Waals surface area contributed by atoms with Crippen LogP contribution in [-0.4, -0.2) is 38.2 Å². The molecule has 3 N–H and O–H groups in total. The van der Waals surface area contributed by atoms with Gasteiger partial charge in [-0.05, 0) is 33.1 Å². The molecule has 0 aliphatic heterocycles. The van der Waals surface area contributed by atoms with Crippen molar-refractivity contribution in [3.8, 4) is 0 Å². The zero-order chi connectivity index (χ0) is 13.3. The predicted octanol–water partition coefficient (Wildman–Crippen LogP) is 1.59. The Balaban J connectivity index is 3.63. The Labute approximate surface area is 107 Å². The summed E-state index contributed by atoms with van der Waals surface area (Å²) in [7, 11) is 1.81. The largest absolute Gasteiger partial charge is 0.356 e. The van der Waals surface area contributed by atoms with E-state index in [0.29, 0.717) is 0 Å². The van der Waals surface area contributed by atoms with Gasteiger partial charge in [-0.25, -0.2) is 0 Å². The number of nitrogens with one attached hydrogen (secondary N) is 3. The molecule has 0 saturated heterocycles. The highest BCUT2D eigenvalue weighted by Crippen LogP contribution is 1.97. The number of nitrogens with zero attached hydrogens (tertiary/aromatic N) is 1. The van der Waals surface area contributed by atoms with E-state index in [1.54, 1.807) is 0 Å². The minimum atomic E-state index is 0.177. The molecule has 4 heteroatoms. The van der Waals surface area contributed by atoms with Crippen molar-refractivity contribution in [3.05, 3.63) is 0 Å². The van der Waals surface area contributed by atoms with Crippen molar-refractivity contribution < 1.29 is 0 Å². The molecule has 0 saturated carbocycles. The molecule has 0 aromatic heterocycles. The molecule has 0 aliphatic rings. The molecule has 0 atom stereocenters. The van der Waals surface area contributed by atoms with Crippen LogP contribution in [0, 0.1) is 5.92 Å². The summed E-state index contributed by atoms with van der Waals surface area (Å²) in [4.78, 5) is 4.19. The second-order valence-corrected chi connectivity index (χ2v) is 5.79. The third kappa shape index (κ3) is 11.5. The topological polar surface area (TPSA) is 48.5 Å². The van der Waals surface area contributed by atoms with Gasteiger partial charge in [-0.15, -0.1) is 0 Å². The molecule has 102 valence electrons. The molecule has 0 amide bonds. The van der Waals surface area contributed by atoms with E-state index >= 15 is 0 Å². The van der Waals surface area contributed by atoms with Gasteiger partial charge in [0.05, 0.1) is 0 Å². The molecule has 0 radical (unpaired) electrons. The fourth-order valence-electron chi connectivity index (χ4n) is 1.32. The van der Waals surface area contributed by atoms with Crippen molar-refractivity contribution in [2.45, 2.75) is 46.6 Å². The van der Waals surface area contributed by atoms with Crippen molar-refractivity contribution >= 4 is 5.96 Å². The molecule has 0 aromatic rings. The van der Waals surface area contributed by atoms with Gasteiger partial charge in [0.1, 0.15) is 0 Å². The van der Waals surface area contributed by atoms with Crippen LogP contribution >= 0.6 is 0 Å². The van der Waals surface area contributed by atoms with Crippen LogP contribution in [0.2, 0.25) is 0 Å². The van der Waals surface area contributed by atoms with E-state index in [2.05, 4.69) is 55.6 Å². The SMILES string of the molecule is CN=C(NCCNC(C)(C)C)NCCC(C)C. The van der Waals surface area contributed by atoms with Gasteiger partial charge >= 0.3 is 0 Å². The van der Waals surface area contributed by atoms with Crippen molar-refractivity contribution in [1.29, 1.82) is 0 Å². The smallest absolute Gasteiger partial charge is 0.191 e. The highest BCUT2D eigenvalue weighted by molar-refractivity contribution is 5.79. The summed E-state index contributed by atoms with van der Waals surface area (Å²) < 4.78 is 0. The third-order valence-electron chi connectivity index (χ3n) is 2.31. The first-order chi connectivity index (χ1) is 7.85. The lowest BCUT2D eigenvalue weighted by molar-refractivity contribution is 0.428. The molecule has 0 aromatic carbocycles. The quantitative estimate of drug-likeness (QED) is 0.376. The van der Waals surface area contributed by atoms with Crippen molar-refractivity contribution in [2.75, 3.05) is 26.7 Å². The Bertz CT molecular complexity index is 216. The number of rotatable bonds is 6. The maximum absolute atomic E-state index is 4.19. The number of guanidine groups is 1. The van der Waals surface area contributed by atoms with E-state index in [1.165, 1.54) is 6.42 Å². The number of hydrogen-bond donors (Lipinski definition) is 3. The zero-order valence-electron chi connectivity index (χ0n) is 12.4. The summed E-state index contributed by atoms with van der Waals surface area (Å²) in [5.41, 5.74) is 0.177. The molecule has 0 unspecified atom stereocenters. The molecule has 17 heavy (non-hydrogen) atoms. The lowest BCUT2D eigenvalue weighted by atomic mass is 10.1. The first-order valence-corrected chi connectivity index (χ1v) is 6.54. The van der Waals surface area contributed by atoms with Gasteiger partial charge in [0, 0.05) is 32.2 Å². The first-order valence-electron chi connectivity index (χ1n) is 6.54. The average molecular weight is 242 g/mol. The molecule has 0 bridgehead atoms. The van der Waals surface area contributed by atoms with Gasteiger partial charge in [-0.1, -0.05) is 13.8 Å². The van der Waals surface area contributed by atoms with E-state index in [4.69, 9.17) is 0 Å². The van der Waals surface area contributed by atoms with E-state index in [1.807, 2.05) is 7.05 Å². The van der Waals surface area contributed by atoms with Gasteiger partial charge in [0.2, 0.25) is 0 Å². The summed E-state index contributed by atoms with van der Waals surface area (Å²) in [5.74, 6) is 1.62. The van der Waals surface area contributed by atoms with E-state index < -0.39 is 0 Å². The number of aliphatic imine (C=N–C) groups is 1. The summed E-state index contributed by atoms with van der Waals surface area (Å²) in [6.07, 6.45) is 1.17. The Morgan fingerprint density at radius 2 is 1.65 bits per heavy atom. The monoisotopic (exact) mass is 242 g/mol. The van der Waals surface area contributed by atoms with E-state index in [9.17, 15) is 0 Å². The molecule has 0 fully saturated rings. The van der Waals surface area contributed by atoms with Crippen LogP contribution in [0.15, 0.2) is 4.99 Å². The summed E-state index contributed by atoms with van der Waals surface area (Å²) in [6.45, 7) is 13.8. The Hall–Kier alpha value is -0.770. The highest BCUT2D eigenvalue weighted by atomic mass is 15.2. The van der Waals surface area contributed by atoms with Crippen LogP contribution in [0.1, 0.15) is 41.0 Å². The average Bonchev–Trinajstić information content (AvgIpc) is 2.19. The lowest BCUT2D eigenvalue weighted by Gasteiger charge is -2.21. The number of hydrogen-bond acceptors (Lipinski definition) is 2. The van der Waals surface area contributed by atoms with Gasteiger partial charge in [0.15, 0.2) is 5.96 Å². The molecular formula is C13H30N4. The zero-order valence-corrected chi connectivity index (χ0v) is 12.4. The van der Waals surface area contributed by atoms with Gasteiger partial charge in [-0.3, -0.25) is 4.99 Å². The van der Waals surface area contributed by atoms with Crippen LogP contribution in [0.5, 0.6) is 0 Å². The fourth-order valence-corrected chi connectivity index (χ4v) is 1.32. The fraction of sp³-hybridized carbons (Fsp3) is 0.923. The minimum absolute atomic E-state index is 0.177. The van der Waals surface area contributed by atoms with Crippen molar-refractivity contribution in [1.82, 2.24) is 16.0 Å². The van der Waals surface area contributed by atoms with Crippen LogP contribution in [0.3, 0.4) is 0 Å². The van der Waals surface area contributed by atoms with Gasteiger partial charge < -0.3 is 16.0 Å². The standard InChI is InChI=1S/C13H30N4/c1-11(2)7-8-15-12(14-6)16-9-10-17-13(3,4)5/h11,17H,7-10H2,1-6H3,(H2,14,15,16). The molecular weight excluding hydrogens is 212 g/mol. The Morgan fingerprint density at radius 3 is 2.12 bits per heavy atom. The summed E-state index contributed by atoms with van der Waals surface area (Å²) >= 11 is 0. The normalized spacial score (nSPS) is 13.0. The predicted molar refractivity (Wildman–Crippen MR) is 76.6 cm³/mol. The van der Waals surface area contributed by atoms with Crippen LogP contribution in [0.25, 0.3) is 0 Å². The van der Waals surface area contributed by atoms with Crippen LogP contribution < -0.4 is 16.0 Å². The summed E-state index contributed by atoms with van der Waals surface area (Å²) in [5, 5.41) is 10.0. The minimum Gasteiger partial charge on any atom is -0.356 e. The Morgan fingerprint density at radius 1 is 1.06 bits per heavy atom.